The third kappa shape index (κ3) is 3.76. The lowest BCUT2D eigenvalue weighted by atomic mass is 10.0. The number of piperidine rings is 1. The van der Waals surface area contributed by atoms with Crippen molar-refractivity contribution < 1.29 is 4.79 Å². The number of rotatable bonds is 5. The molecule has 106 valence electrons. The second-order valence-corrected chi connectivity index (χ2v) is 6.50. The van der Waals surface area contributed by atoms with E-state index in [2.05, 4.69) is 31.1 Å². The van der Waals surface area contributed by atoms with Gasteiger partial charge in [-0.15, -0.1) is 11.3 Å². The first-order valence-corrected chi connectivity index (χ1v) is 7.90. The highest BCUT2D eigenvalue weighted by molar-refractivity contribution is 7.09. The van der Waals surface area contributed by atoms with E-state index in [0.717, 1.165) is 30.9 Å². The van der Waals surface area contributed by atoms with Gasteiger partial charge in [0, 0.05) is 36.6 Å². The zero-order valence-corrected chi connectivity index (χ0v) is 12.7. The predicted octanol–water partition coefficient (Wildman–Crippen LogP) is 2.24. The maximum atomic E-state index is 12.4. The second kappa shape index (κ2) is 6.48. The molecule has 19 heavy (non-hydrogen) atoms. The van der Waals surface area contributed by atoms with Gasteiger partial charge in [0.2, 0.25) is 5.91 Å². The van der Waals surface area contributed by atoms with Crippen LogP contribution in [0, 0.1) is 0 Å². The van der Waals surface area contributed by atoms with Crippen molar-refractivity contribution in [2.24, 2.45) is 0 Å². The lowest BCUT2D eigenvalue weighted by molar-refractivity contribution is -0.136. The van der Waals surface area contributed by atoms with Crippen molar-refractivity contribution in [2.45, 2.75) is 51.6 Å². The number of nitrogens with one attached hydrogen (secondary N) is 1. The van der Waals surface area contributed by atoms with Crippen molar-refractivity contribution in [1.29, 1.82) is 0 Å². The quantitative estimate of drug-likeness (QED) is 0.900. The lowest BCUT2D eigenvalue weighted by Gasteiger charge is -2.34. The van der Waals surface area contributed by atoms with Gasteiger partial charge in [-0.3, -0.25) is 4.79 Å². The number of hydrogen-bond donors (Lipinski definition) is 1. The molecule has 4 nitrogen and oxygen atoms in total. The van der Waals surface area contributed by atoms with E-state index in [0.29, 0.717) is 12.0 Å². The number of amides is 1. The molecule has 2 unspecified atom stereocenters. The number of likely N-dealkylation sites (tertiary alicyclic amines) is 1. The number of carbonyl (C=O) groups is 1. The van der Waals surface area contributed by atoms with Crippen LogP contribution in [0.25, 0.3) is 0 Å². The van der Waals surface area contributed by atoms with Crippen LogP contribution in [-0.2, 0) is 4.79 Å². The molecular weight excluding hydrogens is 258 g/mol. The van der Waals surface area contributed by atoms with Gasteiger partial charge >= 0.3 is 0 Å². The topological polar surface area (TPSA) is 45.2 Å². The summed E-state index contributed by atoms with van der Waals surface area (Å²) in [4.78, 5) is 18.7. The Morgan fingerprint density at radius 2 is 2.32 bits per heavy atom. The van der Waals surface area contributed by atoms with E-state index in [-0.39, 0.29) is 11.9 Å². The largest absolute Gasteiger partial charge is 0.341 e. The molecule has 1 N–H and O–H groups in total. The normalized spacial score (nSPS) is 22.0. The molecular formula is C14H23N3OS. The fourth-order valence-corrected chi connectivity index (χ4v) is 3.25. The molecule has 1 fully saturated rings. The van der Waals surface area contributed by atoms with Crippen LogP contribution in [0.1, 0.15) is 44.5 Å². The smallest absolute Gasteiger partial charge is 0.239 e. The molecule has 0 bridgehead atoms. The minimum Gasteiger partial charge on any atom is -0.341 e. The summed E-state index contributed by atoms with van der Waals surface area (Å²) >= 11 is 1.67. The van der Waals surface area contributed by atoms with Crippen LogP contribution in [0.15, 0.2) is 11.6 Å². The first-order valence-electron chi connectivity index (χ1n) is 7.02. The molecule has 5 heteroatoms. The second-order valence-electron chi connectivity index (χ2n) is 5.57. The van der Waals surface area contributed by atoms with E-state index in [9.17, 15) is 4.79 Å². The predicted molar refractivity (Wildman–Crippen MR) is 78.4 cm³/mol. The molecule has 1 amide bonds. The first kappa shape index (κ1) is 14.5. The van der Waals surface area contributed by atoms with Crippen LogP contribution < -0.4 is 5.32 Å². The van der Waals surface area contributed by atoms with Crippen molar-refractivity contribution in [1.82, 2.24) is 15.2 Å². The number of aromatic nitrogens is 1. The third-order valence-electron chi connectivity index (χ3n) is 3.43. The van der Waals surface area contributed by atoms with E-state index in [1.54, 1.807) is 11.3 Å². The monoisotopic (exact) mass is 281 g/mol. The van der Waals surface area contributed by atoms with Gasteiger partial charge in [0.05, 0.1) is 11.0 Å². The van der Waals surface area contributed by atoms with Crippen LogP contribution in [0.2, 0.25) is 0 Å². The van der Waals surface area contributed by atoms with Gasteiger partial charge in [0.15, 0.2) is 0 Å². The van der Waals surface area contributed by atoms with E-state index < -0.39 is 0 Å². The highest BCUT2D eigenvalue weighted by atomic mass is 32.1. The summed E-state index contributed by atoms with van der Waals surface area (Å²) in [7, 11) is 0. The summed E-state index contributed by atoms with van der Waals surface area (Å²) in [5, 5.41) is 6.48. The number of thiazole rings is 1. The van der Waals surface area contributed by atoms with E-state index >= 15 is 0 Å². The Morgan fingerprint density at radius 3 is 2.95 bits per heavy atom. The summed E-state index contributed by atoms with van der Waals surface area (Å²) < 4.78 is 0. The maximum absolute atomic E-state index is 12.4. The number of nitrogens with zero attached hydrogens (tertiary/aromatic N) is 2. The molecule has 1 aliphatic heterocycles. The molecule has 0 saturated carbocycles. The van der Waals surface area contributed by atoms with Crippen LogP contribution >= 0.6 is 11.3 Å². The molecule has 0 spiro atoms. The van der Waals surface area contributed by atoms with Gasteiger partial charge < -0.3 is 10.2 Å². The van der Waals surface area contributed by atoms with Gasteiger partial charge in [0.25, 0.3) is 0 Å². The Labute approximate surface area is 119 Å². The molecule has 0 aliphatic carbocycles. The highest BCUT2D eigenvalue weighted by Crippen LogP contribution is 2.21. The average molecular weight is 281 g/mol. The van der Waals surface area contributed by atoms with Crippen LogP contribution in [0.3, 0.4) is 0 Å². The minimum absolute atomic E-state index is 0.00255. The zero-order valence-electron chi connectivity index (χ0n) is 11.9. The SMILES string of the molecule is CC(C)NC1CCCN(CC(C)c2nccs2)C1=O. The van der Waals surface area contributed by atoms with Gasteiger partial charge in [-0.2, -0.15) is 0 Å². The Kier molecular flexibility index (Phi) is 4.93. The van der Waals surface area contributed by atoms with Gasteiger partial charge in [-0.05, 0) is 12.8 Å². The molecule has 1 aromatic heterocycles. The summed E-state index contributed by atoms with van der Waals surface area (Å²) in [6, 6.07) is 0.350. The lowest BCUT2D eigenvalue weighted by Crippen LogP contribution is -2.53. The van der Waals surface area contributed by atoms with E-state index in [1.165, 1.54) is 0 Å². The molecule has 1 aromatic rings. The van der Waals surface area contributed by atoms with Gasteiger partial charge in [0.1, 0.15) is 0 Å². The fourth-order valence-electron chi connectivity index (χ4n) is 2.57. The van der Waals surface area contributed by atoms with Crippen LogP contribution in [0.4, 0.5) is 0 Å². The molecule has 0 radical (unpaired) electrons. The summed E-state index contributed by atoms with van der Waals surface area (Å²) in [6.07, 6.45) is 3.87. The van der Waals surface area contributed by atoms with Gasteiger partial charge in [-0.1, -0.05) is 20.8 Å². The molecule has 2 atom stereocenters. The van der Waals surface area contributed by atoms with Crippen molar-refractivity contribution in [2.75, 3.05) is 13.1 Å². The Balaban J connectivity index is 1.94. The fraction of sp³-hybridized carbons (Fsp3) is 0.714. The number of carbonyl (C=O) groups excluding carboxylic acids is 1. The molecule has 2 heterocycles. The summed E-state index contributed by atoms with van der Waals surface area (Å²) in [5.41, 5.74) is 0. The molecule has 1 saturated heterocycles. The average Bonchev–Trinajstić information content (AvgIpc) is 2.87. The zero-order chi connectivity index (χ0) is 13.8. The number of hydrogen-bond acceptors (Lipinski definition) is 4. The Morgan fingerprint density at radius 1 is 1.53 bits per heavy atom. The maximum Gasteiger partial charge on any atom is 0.239 e. The van der Waals surface area contributed by atoms with Crippen LogP contribution in [0.5, 0.6) is 0 Å². The standard InChI is InChI=1S/C14H23N3OS/c1-10(2)16-12-5-4-7-17(14(12)18)9-11(3)13-15-6-8-19-13/h6,8,10-12,16H,4-5,7,9H2,1-3H3. The van der Waals surface area contributed by atoms with E-state index in [4.69, 9.17) is 0 Å². The van der Waals surface area contributed by atoms with Crippen molar-refractivity contribution in [3.63, 3.8) is 0 Å². The van der Waals surface area contributed by atoms with Crippen molar-refractivity contribution in [3.05, 3.63) is 16.6 Å². The molecule has 2 rings (SSSR count). The highest BCUT2D eigenvalue weighted by Gasteiger charge is 2.30. The van der Waals surface area contributed by atoms with Crippen molar-refractivity contribution in [3.8, 4) is 0 Å². The molecule has 0 aromatic carbocycles. The Hall–Kier alpha value is -0.940. The minimum atomic E-state index is -0.00255. The first-order chi connectivity index (χ1) is 9.08. The molecule has 1 aliphatic rings. The van der Waals surface area contributed by atoms with Crippen molar-refractivity contribution >= 4 is 17.2 Å². The summed E-state index contributed by atoms with van der Waals surface area (Å²) in [5.74, 6) is 0.574. The Bertz CT molecular complexity index is 405. The van der Waals surface area contributed by atoms with E-state index in [1.807, 2.05) is 16.5 Å². The van der Waals surface area contributed by atoms with Crippen LogP contribution in [-0.4, -0.2) is 41.0 Å². The van der Waals surface area contributed by atoms with Gasteiger partial charge in [-0.25, -0.2) is 4.98 Å². The third-order valence-corrected chi connectivity index (χ3v) is 4.44. The summed E-state index contributed by atoms with van der Waals surface area (Å²) in [6.45, 7) is 7.98.